The molecule has 1 atom stereocenters. The summed E-state index contributed by atoms with van der Waals surface area (Å²) < 4.78 is 5.73. The number of aryl methyl sites for hydroxylation is 1. The molecule has 3 heteroatoms. The second-order valence-corrected chi connectivity index (χ2v) is 4.57. The number of nitrogens with one attached hydrogen (secondary N) is 1. The summed E-state index contributed by atoms with van der Waals surface area (Å²) in [6, 6.07) is 4.40. The topological polar surface area (TPSA) is 34.1 Å². The average Bonchev–Trinajstić information content (AvgIpc) is 2.25. The molecule has 1 N–H and O–H groups in total. The first-order chi connectivity index (χ1) is 7.59. The van der Waals surface area contributed by atoms with E-state index in [2.05, 4.69) is 31.1 Å². The molecule has 1 unspecified atom stereocenters. The Morgan fingerprint density at radius 3 is 2.75 bits per heavy atom. The van der Waals surface area contributed by atoms with Crippen LogP contribution < -0.4 is 10.1 Å². The molecule has 0 aliphatic heterocycles. The Morgan fingerprint density at radius 2 is 2.12 bits per heavy atom. The fourth-order valence-corrected chi connectivity index (χ4v) is 1.35. The normalized spacial score (nSPS) is 12.8. The molecule has 0 amide bonds. The van der Waals surface area contributed by atoms with Gasteiger partial charge in [0.2, 0.25) is 0 Å². The molecule has 3 nitrogen and oxygen atoms in total. The minimum absolute atomic E-state index is 0.502. The lowest BCUT2D eigenvalue weighted by Crippen LogP contribution is -2.30. The van der Waals surface area contributed by atoms with Crippen molar-refractivity contribution in [2.24, 2.45) is 5.92 Å². The zero-order valence-corrected chi connectivity index (χ0v) is 10.7. The zero-order valence-electron chi connectivity index (χ0n) is 10.7. The highest BCUT2D eigenvalue weighted by Crippen LogP contribution is 2.14. The quantitative estimate of drug-likeness (QED) is 0.802. The first-order valence-corrected chi connectivity index (χ1v) is 5.87. The summed E-state index contributed by atoms with van der Waals surface area (Å²) in [5.41, 5.74) is 0.950. The van der Waals surface area contributed by atoms with Gasteiger partial charge < -0.3 is 10.1 Å². The Hall–Kier alpha value is -1.09. The van der Waals surface area contributed by atoms with Gasteiger partial charge in [-0.25, -0.2) is 0 Å². The largest absolute Gasteiger partial charge is 0.491 e. The van der Waals surface area contributed by atoms with Crippen molar-refractivity contribution in [3.05, 3.63) is 24.0 Å². The molecular formula is C13H22N2O. The van der Waals surface area contributed by atoms with E-state index in [9.17, 15) is 0 Å². The van der Waals surface area contributed by atoms with E-state index in [0.29, 0.717) is 12.0 Å². The molecule has 16 heavy (non-hydrogen) atoms. The molecule has 0 radical (unpaired) electrons. The molecule has 0 saturated heterocycles. The van der Waals surface area contributed by atoms with Crippen LogP contribution in [-0.4, -0.2) is 24.2 Å². The van der Waals surface area contributed by atoms with Crippen molar-refractivity contribution in [3.63, 3.8) is 0 Å². The molecule has 1 aromatic rings. The smallest absolute Gasteiger partial charge is 0.140 e. The Kier molecular flexibility index (Phi) is 5.26. The molecule has 0 spiro atoms. The van der Waals surface area contributed by atoms with Crippen LogP contribution in [0.4, 0.5) is 0 Å². The fourth-order valence-electron chi connectivity index (χ4n) is 1.35. The first-order valence-electron chi connectivity index (χ1n) is 5.87. The highest BCUT2D eigenvalue weighted by Gasteiger charge is 2.05. The number of aromatic nitrogens is 1. The van der Waals surface area contributed by atoms with Crippen LogP contribution in [0.25, 0.3) is 0 Å². The maximum Gasteiger partial charge on any atom is 0.140 e. The van der Waals surface area contributed by atoms with E-state index in [1.807, 2.05) is 19.1 Å². The molecule has 0 fully saturated rings. The molecule has 1 heterocycles. The lowest BCUT2D eigenvalue weighted by Gasteiger charge is -2.16. The molecule has 0 saturated carbocycles. The van der Waals surface area contributed by atoms with Gasteiger partial charge in [0.05, 0.1) is 12.3 Å². The van der Waals surface area contributed by atoms with Crippen LogP contribution in [0.3, 0.4) is 0 Å². The second-order valence-electron chi connectivity index (χ2n) is 4.57. The third-order valence-corrected chi connectivity index (χ3v) is 2.36. The maximum atomic E-state index is 5.73. The van der Waals surface area contributed by atoms with Crippen LogP contribution >= 0.6 is 0 Å². The van der Waals surface area contributed by atoms with Gasteiger partial charge in [0.15, 0.2) is 0 Å². The number of rotatable bonds is 6. The van der Waals surface area contributed by atoms with Gasteiger partial charge in [0.1, 0.15) is 5.75 Å². The molecule has 0 aliphatic rings. The van der Waals surface area contributed by atoms with E-state index in [0.717, 1.165) is 24.6 Å². The van der Waals surface area contributed by atoms with Gasteiger partial charge in [-0.3, -0.25) is 4.98 Å². The number of hydrogen-bond acceptors (Lipinski definition) is 3. The third-order valence-electron chi connectivity index (χ3n) is 2.36. The molecule has 0 bridgehead atoms. The van der Waals surface area contributed by atoms with E-state index in [-0.39, 0.29) is 0 Å². The number of ether oxygens (including phenoxy) is 1. The van der Waals surface area contributed by atoms with Crippen molar-refractivity contribution in [3.8, 4) is 5.75 Å². The third kappa shape index (κ3) is 4.62. The van der Waals surface area contributed by atoms with Gasteiger partial charge in [-0.1, -0.05) is 20.8 Å². The summed E-state index contributed by atoms with van der Waals surface area (Å²) in [7, 11) is 0. The van der Waals surface area contributed by atoms with Crippen molar-refractivity contribution < 1.29 is 4.74 Å². The Bertz CT molecular complexity index is 313. The monoisotopic (exact) mass is 222 g/mol. The summed E-state index contributed by atoms with van der Waals surface area (Å²) >= 11 is 0. The SMILES string of the molecule is Cc1ncccc1OCC(C)CNC(C)C. The predicted octanol–water partition coefficient (Wildman–Crippen LogP) is 2.40. The lowest BCUT2D eigenvalue weighted by molar-refractivity contribution is 0.250. The van der Waals surface area contributed by atoms with Crippen LogP contribution in [0.15, 0.2) is 18.3 Å². The first kappa shape index (κ1) is 13.0. The van der Waals surface area contributed by atoms with Crippen molar-refractivity contribution in [1.29, 1.82) is 0 Å². The maximum absolute atomic E-state index is 5.73. The highest BCUT2D eigenvalue weighted by molar-refractivity contribution is 5.25. The zero-order chi connectivity index (χ0) is 12.0. The van der Waals surface area contributed by atoms with Crippen LogP contribution in [0, 0.1) is 12.8 Å². The van der Waals surface area contributed by atoms with Crippen LogP contribution in [0.2, 0.25) is 0 Å². The Morgan fingerprint density at radius 1 is 1.38 bits per heavy atom. The lowest BCUT2D eigenvalue weighted by atomic mass is 10.2. The van der Waals surface area contributed by atoms with E-state index in [1.165, 1.54) is 0 Å². The van der Waals surface area contributed by atoms with Gasteiger partial charge >= 0.3 is 0 Å². The molecular weight excluding hydrogens is 200 g/mol. The molecule has 0 aromatic carbocycles. The van der Waals surface area contributed by atoms with Crippen LogP contribution in [0.1, 0.15) is 26.5 Å². The average molecular weight is 222 g/mol. The van der Waals surface area contributed by atoms with Crippen LogP contribution in [-0.2, 0) is 0 Å². The summed E-state index contributed by atoms with van der Waals surface area (Å²) in [6.07, 6.45) is 1.78. The summed E-state index contributed by atoms with van der Waals surface area (Å²) in [4.78, 5) is 4.19. The van der Waals surface area contributed by atoms with E-state index in [1.54, 1.807) is 6.20 Å². The van der Waals surface area contributed by atoms with E-state index >= 15 is 0 Å². The van der Waals surface area contributed by atoms with Crippen molar-refractivity contribution in [2.75, 3.05) is 13.2 Å². The molecule has 1 aromatic heterocycles. The molecule has 0 aliphatic carbocycles. The Balaban J connectivity index is 2.31. The van der Waals surface area contributed by atoms with E-state index in [4.69, 9.17) is 4.74 Å². The second kappa shape index (κ2) is 6.48. The van der Waals surface area contributed by atoms with Crippen molar-refractivity contribution in [1.82, 2.24) is 10.3 Å². The summed E-state index contributed by atoms with van der Waals surface area (Å²) in [6.45, 7) is 10.2. The standard InChI is InChI=1S/C13H22N2O/c1-10(2)15-8-11(3)9-16-13-6-5-7-14-12(13)4/h5-7,10-11,15H,8-9H2,1-4H3. The minimum Gasteiger partial charge on any atom is -0.491 e. The number of nitrogens with zero attached hydrogens (tertiary/aromatic N) is 1. The molecule has 90 valence electrons. The highest BCUT2D eigenvalue weighted by atomic mass is 16.5. The summed E-state index contributed by atoms with van der Waals surface area (Å²) in [5.74, 6) is 1.39. The fraction of sp³-hybridized carbons (Fsp3) is 0.615. The van der Waals surface area contributed by atoms with Crippen molar-refractivity contribution in [2.45, 2.75) is 33.7 Å². The predicted molar refractivity (Wildman–Crippen MR) is 66.8 cm³/mol. The van der Waals surface area contributed by atoms with Gasteiger partial charge in [0, 0.05) is 24.7 Å². The van der Waals surface area contributed by atoms with Gasteiger partial charge in [0.25, 0.3) is 0 Å². The van der Waals surface area contributed by atoms with Gasteiger partial charge in [-0.2, -0.15) is 0 Å². The van der Waals surface area contributed by atoms with Crippen LogP contribution in [0.5, 0.6) is 5.75 Å². The Labute approximate surface area is 98.2 Å². The van der Waals surface area contributed by atoms with Gasteiger partial charge in [-0.05, 0) is 19.1 Å². The molecule has 1 rings (SSSR count). The number of hydrogen-bond donors (Lipinski definition) is 1. The summed E-state index contributed by atoms with van der Waals surface area (Å²) in [5, 5.41) is 3.40. The van der Waals surface area contributed by atoms with E-state index < -0.39 is 0 Å². The number of pyridine rings is 1. The van der Waals surface area contributed by atoms with Crippen molar-refractivity contribution >= 4 is 0 Å². The van der Waals surface area contributed by atoms with Gasteiger partial charge in [-0.15, -0.1) is 0 Å². The minimum atomic E-state index is 0.502.